The smallest absolute Gasteiger partial charge is 0.308 e. The summed E-state index contributed by atoms with van der Waals surface area (Å²) in [5, 5.41) is 0. The Morgan fingerprint density at radius 2 is 1.00 bits per heavy atom. The van der Waals surface area contributed by atoms with Crippen LogP contribution in [0.4, 0.5) is 0 Å². The Morgan fingerprint density at radius 3 is 1.45 bits per heavy atom. The third kappa shape index (κ3) is 25.2. The number of unbranched alkanes of at least 4 members (excludes halogenated alkanes) is 4. The summed E-state index contributed by atoms with van der Waals surface area (Å²) >= 11 is 0. The summed E-state index contributed by atoms with van der Waals surface area (Å²) in [6.07, 6.45) is 6.54. The van der Waals surface area contributed by atoms with Gasteiger partial charge in [0.2, 0.25) is 0 Å². The van der Waals surface area contributed by atoms with Gasteiger partial charge < -0.3 is 28.4 Å². The van der Waals surface area contributed by atoms with Gasteiger partial charge in [0.1, 0.15) is 5.60 Å². The Morgan fingerprint density at radius 1 is 0.586 bits per heavy atom. The predicted octanol–water partition coefficient (Wildman–Crippen LogP) is 3.77. The van der Waals surface area contributed by atoms with Crippen molar-refractivity contribution in [3.8, 4) is 0 Å². The van der Waals surface area contributed by atoms with Crippen molar-refractivity contribution in [2.24, 2.45) is 0 Å². The van der Waals surface area contributed by atoms with Crippen molar-refractivity contribution >= 4 is 5.97 Å². The zero-order valence-electron chi connectivity index (χ0n) is 19.2. The van der Waals surface area contributed by atoms with E-state index < -0.39 is 5.60 Å². The van der Waals surface area contributed by atoms with Crippen LogP contribution < -0.4 is 0 Å². The summed E-state index contributed by atoms with van der Waals surface area (Å²) in [5.41, 5.74) is -0.452. The second-order valence-corrected chi connectivity index (χ2v) is 7.81. The molecule has 0 aromatic rings. The fraction of sp³-hybridized carbons (Fsp3) is 0.955. The number of hydrogen-bond acceptors (Lipinski definition) is 7. The third-order valence-corrected chi connectivity index (χ3v) is 3.75. The molecule has 0 saturated carbocycles. The van der Waals surface area contributed by atoms with Crippen LogP contribution in [0.3, 0.4) is 0 Å². The highest BCUT2D eigenvalue weighted by molar-refractivity contribution is 5.69. The SMILES string of the molecule is CCCCCCCOCCOCCOCCOCCOCCC(=O)OC(C)(C)C. The molecule has 0 atom stereocenters. The highest BCUT2D eigenvalue weighted by Crippen LogP contribution is 2.08. The molecule has 29 heavy (non-hydrogen) atoms. The first-order chi connectivity index (χ1) is 14.0. The molecule has 0 bridgehead atoms. The van der Waals surface area contributed by atoms with Gasteiger partial charge in [0, 0.05) is 6.61 Å². The molecule has 0 aliphatic heterocycles. The molecular weight excluding hydrogens is 376 g/mol. The molecule has 0 aliphatic rings. The van der Waals surface area contributed by atoms with Gasteiger partial charge >= 0.3 is 5.97 Å². The fourth-order valence-electron chi connectivity index (χ4n) is 2.34. The summed E-state index contributed by atoms with van der Waals surface area (Å²) in [5.74, 6) is -0.247. The molecule has 0 radical (unpaired) electrons. The molecule has 0 spiro atoms. The van der Waals surface area contributed by atoms with E-state index in [9.17, 15) is 4.79 Å². The normalized spacial score (nSPS) is 11.7. The van der Waals surface area contributed by atoms with Crippen LogP contribution in [-0.4, -0.2) is 77.6 Å². The van der Waals surface area contributed by atoms with Crippen LogP contribution in [0.2, 0.25) is 0 Å². The van der Waals surface area contributed by atoms with Crippen LogP contribution in [-0.2, 0) is 33.2 Å². The Balaban J connectivity index is 3.11. The molecule has 0 aromatic carbocycles. The van der Waals surface area contributed by atoms with Gasteiger partial charge in [-0.3, -0.25) is 4.79 Å². The molecule has 0 N–H and O–H groups in total. The number of ether oxygens (including phenoxy) is 6. The second-order valence-electron chi connectivity index (χ2n) is 7.81. The van der Waals surface area contributed by atoms with E-state index in [2.05, 4.69) is 6.92 Å². The van der Waals surface area contributed by atoms with Crippen molar-refractivity contribution in [3.63, 3.8) is 0 Å². The number of esters is 1. The maximum atomic E-state index is 11.5. The van der Waals surface area contributed by atoms with Gasteiger partial charge in [0.05, 0.1) is 65.9 Å². The summed E-state index contributed by atoms with van der Waals surface area (Å²) in [6, 6.07) is 0. The van der Waals surface area contributed by atoms with E-state index in [1.807, 2.05) is 20.8 Å². The van der Waals surface area contributed by atoms with Gasteiger partial charge in [-0.15, -0.1) is 0 Å². The molecule has 0 aliphatic carbocycles. The maximum Gasteiger partial charge on any atom is 0.308 e. The Labute approximate surface area is 177 Å². The molecule has 174 valence electrons. The summed E-state index contributed by atoms with van der Waals surface area (Å²) in [7, 11) is 0. The topological polar surface area (TPSA) is 72.5 Å². The minimum absolute atomic E-state index is 0.247. The summed E-state index contributed by atoms with van der Waals surface area (Å²) < 4.78 is 32.3. The second kappa shape index (κ2) is 20.5. The first-order valence-electron chi connectivity index (χ1n) is 11.1. The van der Waals surface area contributed by atoms with Crippen molar-refractivity contribution < 1.29 is 33.2 Å². The quantitative estimate of drug-likeness (QED) is 0.207. The van der Waals surface area contributed by atoms with E-state index >= 15 is 0 Å². The number of rotatable bonds is 21. The molecule has 0 unspecified atom stereocenters. The zero-order valence-corrected chi connectivity index (χ0v) is 19.2. The standard InChI is InChI=1S/C22H44O7/c1-5-6-7-8-9-11-24-13-15-26-17-19-28-20-18-27-16-14-25-12-10-21(23)29-22(2,3)4/h5-20H2,1-4H3. The minimum atomic E-state index is -0.452. The van der Waals surface area contributed by atoms with E-state index in [0.717, 1.165) is 13.0 Å². The highest BCUT2D eigenvalue weighted by Gasteiger charge is 2.15. The van der Waals surface area contributed by atoms with E-state index in [1.54, 1.807) is 0 Å². The third-order valence-electron chi connectivity index (χ3n) is 3.75. The van der Waals surface area contributed by atoms with Crippen LogP contribution in [0.1, 0.15) is 66.2 Å². The predicted molar refractivity (Wildman–Crippen MR) is 113 cm³/mol. The van der Waals surface area contributed by atoms with Crippen molar-refractivity contribution in [3.05, 3.63) is 0 Å². The number of hydrogen-bond donors (Lipinski definition) is 0. The maximum absolute atomic E-state index is 11.5. The van der Waals surface area contributed by atoms with Crippen LogP contribution in [0.25, 0.3) is 0 Å². The molecular formula is C22H44O7. The van der Waals surface area contributed by atoms with Crippen molar-refractivity contribution in [1.29, 1.82) is 0 Å². The van der Waals surface area contributed by atoms with E-state index in [4.69, 9.17) is 28.4 Å². The minimum Gasteiger partial charge on any atom is -0.460 e. The zero-order chi connectivity index (χ0) is 21.6. The lowest BCUT2D eigenvalue weighted by Gasteiger charge is -2.19. The molecule has 7 nitrogen and oxygen atoms in total. The lowest BCUT2D eigenvalue weighted by molar-refractivity contribution is -0.156. The van der Waals surface area contributed by atoms with Crippen LogP contribution in [0, 0.1) is 0 Å². The largest absolute Gasteiger partial charge is 0.460 e. The molecule has 0 amide bonds. The van der Waals surface area contributed by atoms with Crippen LogP contribution in [0.15, 0.2) is 0 Å². The first-order valence-corrected chi connectivity index (χ1v) is 11.1. The molecule has 0 rings (SSSR count). The summed E-state index contributed by atoms with van der Waals surface area (Å²) in [6.45, 7) is 13.2. The average Bonchev–Trinajstić information content (AvgIpc) is 2.65. The van der Waals surface area contributed by atoms with E-state index in [-0.39, 0.29) is 12.4 Å². The number of carbonyl (C=O) groups excluding carboxylic acids is 1. The Hall–Kier alpha value is -0.730. The van der Waals surface area contributed by atoms with E-state index in [0.29, 0.717) is 59.5 Å². The Bertz CT molecular complexity index is 356. The molecule has 7 heteroatoms. The molecule has 0 aromatic heterocycles. The number of carbonyl (C=O) groups is 1. The van der Waals surface area contributed by atoms with E-state index in [1.165, 1.54) is 25.7 Å². The van der Waals surface area contributed by atoms with Gasteiger partial charge in [-0.05, 0) is 27.2 Å². The average molecular weight is 421 g/mol. The van der Waals surface area contributed by atoms with Gasteiger partial charge in [-0.2, -0.15) is 0 Å². The van der Waals surface area contributed by atoms with Crippen molar-refractivity contribution in [2.75, 3.05) is 66.1 Å². The van der Waals surface area contributed by atoms with Gasteiger partial charge in [0.15, 0.2) is 0 Å². The van der Waals surface area contributed by atoms with Gasteiger partial charge in [-0.1, -0.05) is 32.6 Å². The van der Waals surface area contributed by atoms with Crippen LogP contribution >= 0.6 is 0 Å². The molecule has 0 heterocycles. The molecule has 0 fully saturated rings. The van der Waals surface area contributed by atoms with Gasteiger partial charge in [-0.25, -0.2) is 0 Å². The van der Waals surface area contributed by atoms with Gasteiger partial charge in [0.25, 0.3) is 0 Å². The Kier molecular flexibility index (Phi) is 20.0. The van der Waals surface area contributed by atoms with Crippen LogP contribution in [0.5, 0.6) is 0 Å². The molecule has 0 saturated heterocycles. The monoisotopic (exact) mass is 420 g/mol. The fourth-order valence-corrected chi connectivity index (χ4v) is 2.34. The lowest BCUT2D eigenvalue weighted by atomic mass is 10.2. The van der Waals surface area contributed by atoms with Crippen molar-refractivity contribution in [1.82, 2.24) is 0 Å². The first kappa shape index (κ1) is 28.3. The summed E-state index contributed by atoms with van der Waals surface area (Å²) in [4.78, 5) is 11.5. The van der Waals surface area contributed by atoms with Crippen molar-refractivity contribution in [2.45, 2.75) is 71.8 Å². The highest BCUT2D eigenvalue weighted by atomic mass is 16.6. The lowest BCUT2D eigenvalue weighted by Crippen LogP contribution is -2.24.